The quantitative estimate of drug-likeness (QED) is 0.0971. The van der Waals surface area contributed by atoms with E-state index in [9.17, 15) is 38.9 Å². The van der Waals surface area contributed by atoms with E-state index in [-0.39, 0.29) is 162 Å². The van der Waals surface area contributed by atoms with Crippen molar-refractivity contribution in [3.63, 3.8) is 0 Å². The summed E-state index contributed by atoms with van der Waals surface area (Å²) in [5.41, 5.74) is 2.57. The Morgan fingerprint density at radius 2 is 0.762 bits per heavy atom. The fraction of sp³-hybridized carbons (Fsp3) is 0. The van der Waals surface area contributed by atoms with Crippen molar-refractivity contribution >= 4 is 74.5 Å². The summed E-state index contributed by atoms with van der Waals surface area (Å²) < 4.78 is 109. The van der Waals surface area contributed by atoms with Gasteiger partial charge in [0.2, 0.25) is 0 Å². The van der Waals surface area contributed by atoms with Crippen molar-refractivity contribution in [2.24, 2.45) is 0 Å². The molecule has 0 atom stereocenters. The molecule has 0 amide bonds. The van der Waals surface area contributed by atoms with Crippen LogP contribution in [0.3, 0.4) is 0 Å². The van der Waals surface area contributed by atoms with Crippen LogP contribution < -0.4 is 88.7 Å². The maximum absolute atomic E-state index is 12.2. The van der Waals surface area contributed by atoms with Gasteiger partial charge in [-0.05, 0) is 84.9 Å². The van der Waals surface area contributed by atoms with Gasteiger partial charge in [0.25, 0.3) is 0 Å². The van der Waals surface area contributed by atoms with E-state index in [1.165, 1.54) is 18.2 Å². The van der Waals surface area contributed by atoms with Gasteiger partial charge in [-0.2, -0.15) is 0 Å². The van der Waals surface area contributed by atoms with Gasteiger partial charge in [-0.15, -0.1) is 0 Å². The van der Waals surface area contributed by atoms with Crippen molar-refractivity contribution in [3.8, 4) is 57.4 Å². The summed E-state index contributed by atoms with van der Waals surface area (Å²) in [4.78, 5) is 32.8. The minimum atomic E-state index is -4.96. The molecule has 17 nitrogen and oxygen atoms in total. The number of aromatic amines is 2. The summed E-state index contributed by atoms with van der Waals surface area (Å²) in [6.07, 6.45) is 0. The van der Waals surface area contributed by atoms with Crippen LogP contribution in [0.25, 0.3) is 89.7 Å². The first kappa shape index (κ1) is 46.7. The molecule has 5 heterocycles. The topological polar surface area (TPSA) is 281 Å². The molecular weight excluding hydrogens is 902 g/mol. The van der Waals surface area contributed by atoms with Gasteiger partial charge in [0.15, 0.2) is 23.3 Å². The fourth-order valence-corrected chi connectivity index (χ4v) is 8.43. The molecule has 2 N–H and O–H groups in total. The molecule has 0 saturated heterocycles. The average molecular weight is 921 g/mol. The second kappa shape index (κ2) is 17.3. The molecule has 0 fully saturated rings. The summed E-state index contributed by atoms with van der Waals surface area (Å²) in [7, 11) is -14.8. The summed E-state index contributed by atoms with van der Waals surface area (Å²) in [6.45, 7) is 0. The molecule has 2 aliphatic heterocycles. The number of hydrogen-bond acceptors (Lipinski definition) is 15. The van der Waals surface area contributed by atoms with Crippen LogP contribution in [0.15, 0.2) is 118 Å². The van der Waals surface area contributed by atoms with Gasteiger partial charge in [0, 0.05) is 54.9 Å². The number of rotatable bonds is 3. The molecular formula is C40H19N8Na3O9S3. The van der Waals surface area contributed by atoms with E-state index >= 15 is 0 Å². The summed E-state index contributed by atoms with van der Waals surface area (Å²) in [6, 6.07) is 25.2. The standard InChI is InChI=1S/C40H22N8O9S3.3Na/c49-58(50,51)22-9-13-26-30(17-22)39-44-34(26)42-37-29-16-21(7-6-20-4-2-1-3-5-20)8-12-25(29)33(41-37)43-38-31-18-23(59(52,53)54)10-14-27(31)35(45-38)47-40-32-19-24(60(55,56)57)11-15-28(32)36(46-39)48-40;;;/h1-5,8-19H,(H,49,50,51)(H,52,53,54)(H,55,56,57)(H2,41,42,43,44,45,46,47,48);;;/q;3*+1/p-3. The molecule has 8 bridgehead atoms. The number of benzene rings is 5. The Morgan fingerprint density at radius 3 is 1.24 bits per heavy atom. The maximum atomic E-state index is 12.2. The third-order valence-electron chi connectivity index (χ3n) is 9.74. The van der Waals surface area contributed by atoms with Gasteiger partial charge in [0.1, 0.15) is 52.9 Å². The first-order valence-electron chi connectivity index (χ1n) is 17.4. The molecule has 3 aromatic heterocycles. The third kappa shape index (κ3) is 8.81. The average Bonchev–Trinajstić information content (AvgIpc) is 3.94. The zero-order chi connectivity index (χ0) is 41.7. The molecule has 0 saturated carbocycles. The zero-order valence-electron chi connectivity index (χ0n) is 32.9. The van der Waals surface area contributed by atoms with Crippen molar-refractivity contribution in [2.45, 2.75) is 14.7 Å². The molecule has 0 radical (unpaired) electrons. The molecule has 0 spiro atoms. The van der Waals surface area contributed by atoms with Gasteiger partial charge < -0.3 is 23.6 Å². The molecule has 10 rings (SSSR count). The predicted octanol–water partition coefficient (Wildman–Crippen LogP) is -4.01. The third-order valence-corrected chi connectivity index (χ3v) is 12.2. The van der Waals surface area contributed by atoms with Crippen molar-refractivity contribution < 1.29 is 128 Å². The van der Waals surface area contributed by atoms with Crippen molar-refractivity contribution in [3.05, 3.63) is 114 Å². The van der Waals surface area contributed by atoms with E-state index in [1.54, 1.807) is 18.2 Å². The second-order valence-corrected chi connectivity index (χ2v) is 17.6. The maximum Gasteiger partial charge on any atom is 1.00 e. The summed E-state index contributed by atoms with van der Waals surface area (Å²) in [5.74, 6) is 6.13. The molecule has 0 aliphatic carbocycles. The van der Waals surface area contributed by atoms with Crippen molar-refractivity contribution in [1.29, 1.82) is 0 Å². The number of nitrogens with zero attached hydrogens (tertiary/aromatic N) is 6. The number of aromatic nitrogens is 8. The zero-order valence-corrected chi connectivity index (χ0v) is 41.3. The Labute approximate surface area is 423 Å². The van der Waals surface area contributed by atoms with Crippen LogP contribution in [0.5, 0.6) is 0 Å². The number of nitrogens with one attached hydrogen (secondary N) is 2. The van der Waals surface area contributed by atoms with Crippen LogP contribution in [0, 0.1) is 11.8 Å². The normalized spacial score (nSPS) is 11.9. The van der Waals surface area contributed by atoms with E-state index in [1.807, 2.05) is 30.3 Å². The van der Waals surface area contributed by atoms with Crippen LogP contribution in [0.4, 0.5) is 0 Å². The van der Waals surface area contributed by atoms with E-state index in [0.717, 1.165) is 42.0 Å². The molecule has 23 heteroatoms. The largest absolute Gasteiger partial charge is 1.00 e. The second-order valence-electron chi connectivity index (χ2n) is 13.5. The van der Waals surface area contributed by atoms with Crippen molar-refractivity contribution in [2.75, 3.05) is 0 Å². The first-order valence-corrected chi connectivity index (χ1v) is 21.6. The Hall–Kier alpha value is -4.25. The van der Waals surface area contributed by atoms with Crippen LogP contribution >= 0.6 is 0 Å². The number of H-pyrrole nitrogens is 2. The SMILES string of the molecule is O=S(=O)([O-])c1ccc2c(c1)-c1nc-2nc2[nH]c(nc3nc(nc4[nH]c(n1)c1ccc(C#Cc5ccccc5)cc41)-c1ccc(S(=O)(=O)[O-])cc1-3)c1ccc(S(=O)(=O)[O-])cc21.[Na+].[Na+].[Na+]. The van der Waals surface area contributed by atoms with Gasteiger partial charge in [-0.3, -0.25) is 0 Å². The van der Waals surface area contributed by atoms with E-state index in [0.29, 0.717) is 21.9 Å². The number of fused-ring (bicyclic) bond motifs is 20. The molecule has 8 aromatic rings. The van der Waals surface area contributed by atoms with Crippen LogP contribution in [-0.4, -0.2) is 78.8 Å². The molecule has 0 unspecified atom stereocenters. The van der Waals surface area contributed by atoms with Crippen molar-refractivity contribution in [1.82, 2.24) is 39.9 Å². The molecule has 2 aliphatic rings. The Morgan fingerprint density at radius 1 is 0.381 bits per heavy atom. The van der Waals surface area contributed by atoms with Crippen LogP contribution in [0.1, 0.15) is 11.1 Å². The Bertz CT molecular complexity index is 3800. The van der Waals surface area contributed by atoms with E-state index in [4.69, 9.17) is 15.0 Å². The Kier molecular flexibility index (Phi) is 12.8. The fourth-order valence-electron chi connectivity index (χ4n) is 6.94. The van der Waals surface area contributed by atoms with Gasteiger partial charge in [-0.1, -0.05) is 30.0 Å². The smallest absolute Gasteiger partial charge is 0.744 e. The van der Waals surface area contributed by atoms with Gasteiger partial charge >= 0.3 is 88.7 Å². The summed E-state index contributed by atoms with van der Waals surface area (Å²) in [5, 5.41) is 1.37. The van der Waals surface area contributed by atoms with Gasteiger partial charge in [-0.25, -0.2) is 55.2 Å². The first-order chi connectivity index (χ1) is 28.6. The summed E-state index contributed by atoms with van der Waals surface area (Å²) >= 11 is 0. The monoisotopic (exact) mass is 920 g/mol. The minimum absolute atomic E-state index is 0. The molecule has 5 aromatic carbocycles. The van der Waals surface area contributed by atoms with E-state index in [2.05, 4.69) is 36.8 Å². The molecule has 63 heavy (non-hydrogen) atoms. The minimum Gasteiger partial charge on any atom is -0.744 e. The predicted molar refractivity (Wildman–Crippen MR) is 212 cm³/mol. The number of hydrogen-bond donors (Lipinski definition) is 2. The van der Waals surface area contributed by atoms with E-state index < -0.39 is 45.0 Å². The van der Waals surface area contributed by atoms with Crippen LogP contribution in [0.2, 0.25) is 0 Å². The Balaban J connectivity index is 0.00000198. The van der Waals surface area contributed by atoms with Crippen LogP contribution in [-0.2, 0) is 30.4 Å². The van der Waals surface area contributed by atoms with Gasteiger partial charge in [0.05, 0.1) is 14.7 Å². The molecule has 294 valence electrons.